The highest BCUT2D eigenvalue weighted by Gasteiger charge is 2.46. The van der Waals surface area contributed by atoms with Crippen LogP contribution in [0.3, 0.4) is 0 Å². The molecule has 0 heterocycles. The van der Waals surface area contributed by atoms with Gasteiger partial charge < -0.3 is 15.4 Å². The Balaban J connectivity index is 1.50. The first-order valence-electron chi connectivity index (χ1n) is 10.2. The highest BCUT2D eigenvalue weighted by atomic mass is 19.1. The van der Waals surface area contributed by atoms with Crippen molar-refractivity contribution in [3.05, 3.63) is 0 Å². The third-order valence-electron chi connectivity index (χ3n) is 6.21. The van der Waals surface area contributed by atoms with E-state index in [0.717, 1.165) is 38.5 Å². The Morgan fingerprint density at radius 3 is 2.27 bits per heavy atom. The summed E-state index contributed by atoms with van der Waals surface area (Å²) in [6.07, 6.45) is 8.96. The molecule has 0 spiro atoms. The molecular formula is C20H35FN2O3. The number of esters is 1. The van der Waals surface area contributed by atoms with Crippen molar-refractivity contribution in [2.24, 2.45) is 5.41 Å². The van der Waals surface area contributed by atoms with E-state index in [2.05, 4.69) is 22.3 Å². The van der Waals surface area contributed by atoms with Gasteiger partial charge in [0.2, 0.25) is 0 Å². The summed E-state index contributed by atoms with van der Waals surface area (Å²) in [5, 5.41) is 6.18. The summed E-state index contributed by atoms with van der Waals surface area (Å²) >= 11 is 0. The van der Waals surface area contributed by atoms with E-state index in [1.807, 2.05) is 0 Å². The lowest BCUT2D eigenvalue weighted by molar-refractivity contribution is -0.149. The number of unbranched alkanes of at least 4 members (excludes halogenated alkanes) is 3. The monoisotopic (exact) mass is 370 g/mol. The van der Waals surface area contributed by atoms with Gasteiger partial charge in [0, 0.05) is 12.1 Å². The van der Waals surface area contributed by atoms with Crippen molar-refractivity contribution < 1.29 is 18.7 Å². The zero-order chi connectivity index (χ0) is 19.0. The van der Waals surface area contributed by atoms with Crippen molar-refractivity contribution >= 4 is 12.0 Å². The number of nitrogens with one attached hydrogen (secondary N) is 2. The molecule has 2 amide bonds. The summed E-state index contributed by atoms with van der Waals surface area (Å²) in [5.74, 6) is -0.754. The average Bonchev–Trinajstić information content (AvgIpc) is 2.62. The van der Waals surface area contributed by atoms with Crippen LogP contribution in [0.4, 0.5) is 9.18 Å². The van der Waals surface area contributed by atoms with Crippen molar-refractivity contribution in [1.29, 1.82) is 0 Å². The van der Waals surface area contributed by atoms with Crippen LogP contribution in [0.5, 0.6) is 0 Å². The van der Waals surface area contributed by atoms with E-state index in [-0.39, 0.29) is 24.6 Å². The first-order chi connectivity index (χ1) is 12.4. The van der Waals surface area contributed by atoms with Gasteiger partial charge in [0.25, 0.3) is 0 Å². The number of hydrogen-bond donors (Lipinski definition) is 2. The van der Waals surface area contributed by atoms with Crippen LogP contribution in [0.1, 0.15) is 84.5 Å². The Kier molecular flexibility index (Phi) is 7.71. The minimum absolute atomic E-state index is 0.0189. The highest BCUT2D eigenvalue weighted by Crippen LogP contribution is 2.51. The van der Waals surface area contributed by atoms with E-state index in [0.29, 0.717) is 18.4 Å². The number of fused-ring (bicyclic) bond motifs is 3. The number of alkyl halides is 1. The van der Waals surface area contributed by atoms with Gasteiger partial charge in [0.15, 0.2) is 6.17 Å². The van der Waals surface area contributed by atoms with Crippen LogP contribution in [-0.4, -0.2) is 36.9 Å². The maximum Gasteiger partial charge on any atom is 0.340 e. The number of ether oxygens (including phenoxy) is 1. The summed E-state index contributed by atoms with van der Waals surface area (Å²) in [5.41, 5.74) is 0.525. The Labute approximate surface area is 156 Å². The first-order valence-corrected chi connectivity index (χ1v) is 10.2. The SMILES string of the molecule is CCOC(=O)C(F)CCCCCCNC(=O)NC12CCC(C)(CC1)CC2. The van der Waals surface area contributed by atoms with Crippen molar-refractivity contribution in [2.45, 2.75) is 96.2 Å². The molecular weight excluding hydrogens is 335 g/mol. The normalized spacial score (nSPS) is 28.4. The minimum atomic E-state index is -1.51. The summed E-state index contributed by atoms with van der Waals surface area (Å²) < 4.78 is 18.1. The largest absolute Gasteiger partial charge is 0.464 e. The van der Waals surface area contributed by atoms with E-state index in [9.17, 15) is 14.0 Å². The molecule has 3 fully saturated rings. The number of hydrogen-bond acceptors (Lipinski definition) is 3. The number of carbonyl (C=O) groups is 2. The Morgan fingerprint density at radius 1 is 1.04 bits per heavy atom. The van der Waals surface area contributed by atoms with Crippen LogP contribution < -0.4 is 10.6 Å². The van der Waals surface area contributed by atoms with Crippen LogP contribution in [0, 0.1) is 5.41 Å². The number of urea groups is 1. The second-order valence-corrected chi connectivity index (χ2v) is 8.39. The average molecular weight is 371 g/mol. The molecule has 3 rings (SSSR count). The molecule has 0 radical (unpaired) electrons. The molecule has 6 heteroatoms. The summed E-state index contributed by atoms with van der Waals surface area (Å²) in [4.78, 5) is 23.3. The zero-order valence-electron chi connectivity index (χ0n) is 16.4. The first kappa shape index (κ1) is 21.0. The Hall–Kier alpha value is -1.33. The molecule has 2 bridgehead atoms. The second kappa shape index (κ2) is 9.56. The van der Waals surface area contributed by atoms with Gasteiger partial charge in [-0.1, -0.05) is 19.8 Å². The lowest BCUT2D eigenvalue weighted by Gasteiger charge is -2.52. The van der Waals surface area contributed by atoms with E-state index < -0.39 is 12.1 Å². The highest BCUT2D eigenvalue weighted by molar-refractivity contribution is 5.75. The van der Waals surface area contributed by atoms with Crippen LogP contribution in [0.2, 0.25) is 0 Å². The maximum absolute atomic E-state index is 13.4. The van der Waals surface area contributed by atoms with Gasteiger partial charge in [-0.15, -0.1) is 0 Å². The minimum Gasteiger partial charge on any atom is -0.464 e. The van der Waals surface area contributed by atoms with Crippen LogP contribution in [-0.2, 0) is 9.53 Å². The van der Waals surface area contributed by atoms with E-state index >= 15 is 0 Å². The van der Waals surface area contributed by atoms with Gasteiger partial charge in [-0.05, 0) is 70.1 Å². The van der Waals surface area contributed by atoms with Gasteiger partial charge in [-0.3, -0.25) is 0 Å². The van der Waals surface area contributed by atoms with Crippen molar-refractivity contribution in [3.8, 4) is 0 Å². The standard InChI is InChI=1S/C20H35FN2O3/c1-3-26-17(24)16(21)8-6-4-5-7-15-22-18(25)23-20-12-9-19(2,10-13-20)11-14-20/h16H,3-15H2,1-2H3,(H2,22,23,25). The van der Waals surface area contributed by atoms with E-state index in [1.165, 1.54) is 19.3 Å². The van der Waals surface area contributed by atoms with Crippen molar-refractivity contribution in [3.63, 3.8) is 0 Å². The third-order valence-corrected chi connectivity index (χ3v) is 6.21. The Morgan fingerprint density at radius 2 is 1.65 bits per heavy atom. The van der Waals surface area contributed by atoms with Gasteiger partial charge in [-0.25, -0.2) is 14.0 Å². The third kappa shape index (κ3) is 6.13. The molecule has 1 unspecified atom stereocenters. The lowest BCUT2D eigenvalue weighted by Crippen LogP contribution is -2.58. The fourth-order valence-electron chi connectivity index (χ4n) is 4.20. The second-order valence-electron chi connectivity index (χ2n) is 8.39. The van der Waals surface area contributed by atoms with Gasteiger partial charge in [0.05, 0.1) is 6.61 Å². The summed E-state index contributed by atoms with van der Waals surface area (Å²) in [6.45, 7) is 4.89. The van der Waals surface area contributed by atoms with Crippen LogP contribution in [0.15, 0.2) is 0 Å². The number of halogens is 1. The molecule has 0 aromatic carbocycles. The van der Waals surface area contributed by atoms with Gasteiger partial charge in [-0.2, -0.15) is 0 Å². The topological polar surface area (TPSA) is 67.4 Å². The fourth-order valence-corrected chi connectivity index (χ4v) is 4.20. The maximum atomic E-state index is 13.4. The fraction of sp³-hybridized carbons (Fsp3) is 0.900. The van der Waals surface area contributed by atoms with Crippen LogP contribution in [0.25, 0.3) is 0 Å². The number of rotatable bonds is 10. The van der Waals surface area contributed by atoms with Crippen molar-refractivity contribution in [2.75, 3.05) is 13.2 Å². The van der Waals surface area contributed by atoms with E-state index in [4.69, 9.17) is 0 Å². The lowest BCUT2D eigenvalue weighted by atomic mass is 9.58. The molecule has 5 nitrogen and oxygen atoms in total. The van der Waals surface area contributed by atoms with Gasteiger partial charge in [0.1, 0.15) is 0 Å². The molecule has 3 saturated carbocycles. The molecule has 0 saturated heterocycles. The predicted molar refractivity (Wildman–Crippen MR) is 99.7 cm³/mol. The number of amides is 2. The number of carbonyl (C=O) groups excluding carboxylic acids is 2. The molecule has 26 heavy (non-hydrogen) atoms. The molecule has 1 atom stereocenters. The molecule has 0 aromatic rings. The molecule has 150 valence electrons. The van der Waals surface area contributed by atoms with Gasteiger partial charge >= 0.3 is 12.0 Å². The van der Waals surface area contributed by atoms with Crippen molar-refractivity contribution in [1.82, 2.24) is 10.6 Å². The summed E-state index contributed by atoms with van der Waals surface area (Å²) in [6, 6.07) is -0.0540. The molecule has 0 aromatic heterocycles. The molecule has 3 aliphatic rings. The summed E-state index contributed by atoms with van der Waals surface area (Å²) in [7, 11) is 0. The van der Waals surface area contributed by atoms with E-state index in [1.54, 1.807) is 6.92 Å². The quantitative estimate of drug-likeness (QED) is 0.446. The van der Waals surface area contributed by atoms with Crippen LogP contribution >= 0.6 is 0 Å². The smallest absolute Gasteiger partial charge is 0.340 e. The predicted octanol–water partition coefficient (Wildman–Crippen LogP) is 4.25. The molecule has 0 aliphatic heterocycles. The molecule has 2 N–H and O–H groups in total. The Bertz CT molecular complexity index is 459. The molecule has 3 aliphatic carbocycles. The zero-order valence-corrected chi connectivity index (χ0v) is 16.4.